The molecule has 0 aromatic carbocycles. The molecule has 1 saturated heterocycles. The third-order valence-corrected chi connectivity index (χ3v) is 3.94. The highest BCUT2D eigenvalue weighted by atomic mass is 127. The average Bonchev–Trinajstić information content (AvgIpc) is 2.70. The Bertz CT molecular complexity index is 342. The van der Waals surface area contributed by atoms with Crippen LogP contribution < -0.4 is 0 Å². The zero-order valence-electron chi connectivity index (χ0n) is 11.8. The molecule has 5 nitrogen and oxygen atoms in total. The van der Waals surface area contributed by atoms with Crippen LogP contribution in [-0.2, 0) is 19.0 Å². The summed E-state index contributed by atoms with van der Waals surface area (Å²) in [7, 11) is 0. The molecule has 0 aromatic rings. The highest BCUT2D eigenvalue weighted by Gasteiger charge is 2.39. The highest BCUT2D eigenvalue weighted by Crippen LogP contribution is 2.35. The largest absolute Gasteiger partial charge is 0.508 e. The molecular weight excluding hydrogens is 363 g/mol. The topological polar surface area (TPSA) is 61.8 Å². The SMILES string of the molecule is CC(I)CC(C)(C(=O)OCC1COC(=O)O1)C(C)C. The van der Waals surface area contributed by atoms with E-state index >= 15 is 0 Å². The molecule has 0 N–H and O–H groups in total. The van der Waals surface area contributed by atoms with E-state index in [1.54, 1.807) is 0 Å². The van der Waals surface area contributed by atoms with Gasteiger partial charge in [0.1, 0.15) is 13.2 Å². The van der Waals surface area contributed by atoms with Crippen molar-refractivity contribution in [3.63, 3.8) is 0 Å². The molecule has 0 radical (unpaired) electrons. The van der Waals surface area contributed by atoms with E-state index in [1.807, 2.05) is 20.8 Å². The van der Waals surface area contributed by atoms with Gasteiger partial charge in [0, 0.05) is 3.92 Å². The second-order valence-corrected chi connectivity index (χ2v) is 7.58. The fourth-order valence-corrected chi connectivity index (χ4v) is 2.83. The van der Waals surface area contributed by atoms with Gasteiger partial charge in [0.2, 0.25) is 0 Å². The molecule has 0 saturated carbocycles. The first-order valence-electron chi connectivity index (χ1n) is 6.40. The summed E-state index contributed by atoms with van der Waals surface area (Å²) in [6.45, 7) is 8.22. The molecule has 0 amide bonds. The first kappa shape index (κ1) is 16.5. The van der Waals surface area contributed by atoms with E-state index in [1.165, 1.54) is 0 Å². The average molecular weight is 384 g/mol. The van der Waals surface area contributed by atoms with Crippen molar-refractivity contribution in [2.45, 2.75) is 44.1 Å². The Kier molecular flexibility index (Phi) is 5.88. The molecule has 1 aliphatic heterocycles. The van der Waals surface area contributed by atoms with Crippen molar-refractivity contribution in [2.75, 3.05) is 13.2 Å². The summed E-state index contributed by atoms with van der Waals surface area (Å²) in [6, 6.07) is 0. The standard InChI is InChI=1S/C13H21IO5/c1-8(2)13(4,5-9(3)14)11(15)17-6-10-7-18-12(16)19-10/h8-10H,5-7H2,1-4H3. The summed E-state index contributed by atoms with van der Waals surface area (Å²) >= 11 is 2.31. The van der Waals surface area contributed by atoms with Gasteiger partial charge in [0.05, 0.1) is 5.41 Å². The van der Waals surface area contributed by atoms with Gasteiger partial charge in [-0.3, -0.25) is 4.79 Å². The smallest absolute Gasteiger partial charge is 0.461 e. The lowest BCUT2D eigenvalue weighted by molar-refractivity contribution is -0.160. The van der Waals surface area contributed by atoms with Crippen molar-refractivity contribution in [2.24, 2.45) is 11.3 Å². The molecule has 1 fully saturated rings. The zero-order chi connectivity index (χ0) is 14.6. The van der Waals surface area contributed by atoms with Gasteiger partial charge < -0.3 is 14.2 Å². The van der Waals surface area contributed by atoms with Gasteiger partial charge in [-0.05, 0) is 19.3 Å². The number of hydrogen-bond acceptors (Lipinski definition) is 5. The van der Waals surface area contributed by atoms with Crippen LogP contribution >= 0.6 is 22.6 Å². The Balaban J connectivity index is 2.55. The molecule has 19 heavy (non-hydrogen) atoms. The Labute approximate surface area is 127 Å². The third-order valence-electron chi connectivity index (χ3n) is 3.50. The normalized spacial score (nSPS) is 23.5. The maximum atomic E-state index is 12.3. The van der Waals surface area contributed by atoms with Crippen LogP contribution in [0.15, 0.2) is 0 Å². The van der Waals surface area contributed by atoms with E-state index in [9.17, 15) is 9.59 Å². The minimum atomic E-state index is -0.700. The number of carbonyl (C=O) groups excluding carboxylic acids is 2. The van der Waals surface area contributed by atoms with Gasteiger partial charge in [-0.2, -0.15) is 0 Å². The van der Waals surface area contributed by atoms with Gasteiger partial charge in [0.15, 0.2) is 6.10 Å². The maximum absolute atomic E-state index is 12.3. The summed E-state index contributed by atoms with van der Waals surface area (Å²) in [5.41, 5.74) is -0.524. The van der Waals surface area contributed by atoms with Crippen molar-refractivity contribution in [3.8, 4) is 0 Å². The van der Waals surface area contributed by atoms with Crippen molar-refractivity contribution < 1.29 is 23.8 Å². The molecule has 6 heteroatoms. The summed E-state index contributed by atoms with van der Waals surface area (Å²) in [4.78, 5) is 23.0. The summed E-state index contributed by atoms with van der Waals surface area (Å²) in [5, 5.41) is 0. The van der Waals surface area contributed by atoms with Crippen LogP contribution in [0, 0.1) is 11.3 Å². The van der Waals surface area contributed by atoms with Crippen molar-refractivity contribution >= 4 is 34.7 Å². The van der Waals surface area contributed by atoms with Crippen molar-refractivity contribution in [3.05, 3.63) is 0 Å². The van der Waals surface area contributed by atoms with Crippen LogP contribution in [0.4, 0.5) is 4.79 Å². The van der Waals surface area contributed by atoms with Crippen LogP contribution in [0.5, 0.6) is 0 Å². The number of hydrogen-bond donors (Lipinski definition) is 0. The number of carbonyl (C=O) groups is 2. The third kappa shape index (κ3) is 4.50. The summed E-state index contributed by atoms with van der Waals surface area (Å²) in [5.74, 6) is -0.0615. The predicted molar refractivity (Wildman–Crippen MR) is 78.2 cm³/mol. The number of alkyl halides is 1. The van der Waals surface area contributed by atoms with Crippen LogP contribution in [0.25, 0.3) is 0 Å². The molecule has 1 heterocycles. The molecule has 1 rings (SSSR count). The Morgan fingerprint density at radius 1 is 1.53 bits per heavy atom. The summed E-state index contributed by atoms with van der Waals surface area (Å²) < 4.78 is 15.1. The minimum absolute atomic E-state index is 0.0580. The predicted octanol–water partition coefficient (Wildman–Crippen LogP) is 2.94. The van der Waals surface area contributed by atoms with E-state index in [2.05, 4.69) is 34.3 Å². The monoisotopic (exact) mass is 384 g/mol. The molecule has 0 bridgehead atoms. The Morgan fingerprint density at radius 3 is 2.58 bits per heavy atom. The van der Waals surface area contributed by atoms with Crippen LogP contribution in [0.3, 0.4) is 0 Å². The number of halogens is 1. The number of esters is 1. The van der Waals surface area contributed by atoms with Crippen molar-refractivity contribution in [1.29, 1.82) is 0 Å². The lowest BCUT2D eigenvalue weighted by Crippen LogP contribution is -2.38. The lowest BCUT2D eigenvalue weighted by atomic mass is 9.75. The van der Waals surface area contributed by atoms with E-state index in [4.69, 9.17) is 9.47 Å². The molecule has 110 valence electrons. The lowest BCUT2D eigenvalue weighted by Gasteiger charge is -2.32. The van der Waals surface area contributed by atoms with E-state index in [0.29, 0.717) is 3.92 Å². The van der Waals surface area contributed by atoms with Gasteiger partial charge in [-0.15, -0.1) is 0 Å². The number of cyclic esters (lactones) is 2. The van der Waals surface area contributed by atoms with Crippen LogP contribution in [0.1, 0.15) is 34.1 Å². The van der Waals surface area contributed by atoms with E-state index in [0.717, 1.165) is 6.42 Å². The molecule has 0 aliphatic carbocycles. The van der Waals surface area contributed by atoms with E-state index in [-0.39, 0.29) is 25.1 Å². The first-order chi connectivity index (χ1) is 8.75. The molecule has 1 aliphatic rings. The van der Waals surface area contributed by atoms with Gasteiger partial charge in [-0.1, -0.05) is 43.4 Å². The van der Waals surface area contributed by atoms with Crippen LogP contribution in [0.2, 0.25) is 0 Å². The molecule has 0 aromatic heterocycles. The minimum Gasteiger partial charge on any atom is -0.461 e. The molecule has 3 unspecified atom stereocenters. The maximum Gasteiger partial charge on any atom is 0.508 e. The highest BCUT2D eigenvalue weighted by molar-refractivity contribution is 14.1. The van der Waals surface area contributed by atoms with Crippen LogP contribution in [-0.4, -0.2) is 35.4 Å². The number of ether oxygens (including phenoxy) is 3. The Morgan fingerprint density at radius 2 is 2.16 bits per heavy atom. The molecule has 0 spiro atoms. The second kappa shape index (κ2) is 6.76. The van der Waals surface area contributed by atoms with Gasteiger partial charge in [-0.25, -0.2) is 4.79 Å². The quantitative estimate of drug-likeness (QED) is 0.400. The number of rotatable bonds is 6. The fraction of sp³-hybridized carbons (Fsp3) is 0.846. The Hall–Kier alpha value is -0.530. The second-order valence-electron chi connectivity index (χ2n) is 5.46. The fourth-order valence-electron chi connectivity index (χ4n) is 1.92. The molecule has 3 atom stereocenters. The van der Waals surface area contributed by atoms with Crippen molar-refractivity contribution in [1.82, 2.24) is 0 Å². The van der Waals surface area contributed by atoms with Gasteiger partial charge >= 0.3 is 12.1 Å². The molecular formula is C13H21IO5. The first-order valence-corrected chi connectivity index (χ1v) is 7.65. The van der Waals surface area contributed by atoms with Gasteiger partial charge in [0.25, 0.3) is 0 Å². The zero-order valence-corrected chi connectivity index (χ0v) is 13.9. The summed E-state index contributed by atoms with van der Waals surface area (Å²) in [6.07, 6.45) is -0.427. The van der Waals surface area contributed by atoms with E-state index < -0.39 is 17.7 Å².